The maximum absolute atomic E-state index is 12.5. The van der Waals surface area contributed by atoms with Crippen LogP contribution >= 0.6 is 11.8 Å². The molecule has 0 heterocycles. The molecule has 2 aromatic rings. The standard InChI is InChI=1S/C16H14O2S/c1-12(17)19-16(14-10-6-3-7-11-14)15(18)13-8-4-2-5-9-13/h2-11,16H,1H3. The van der Waals surface area contributed by atoms with E-state index in [0.717, 1.165) is 17.3 Å². The third-order valence-electron chi connectivity index (χ3n) is 2.68. The Morgan fingerprint density at radius 2 is 1.42 bits per heavy atom. The molecule has 96 valence electrons. The Labute approximate surface area is 116 Å². The summed E-state index contributed by atoms with van der Waals surface area (Å²) < 4.78 is 0. The first-order chi connectivity index (χ1) is 9.18. The molecule has 0 radical (unpaired) electrons. The summed E-state index contributed by atoms with van der Waals surface area (Å²) in [6.45, 7) is 1.48. The number of Topliss-reactive ketones (excluding diaryl/α,β-unsaturated/α-hetero) is 1. The zero-order chi connectivity index (χ0) is 13.7. The molecular weight excluding hydrogens is 256 g/mol. The Bertz CT molecular complexity index is 564. The van der Waals surface area contributed by atoms with Crippen LogP contribution in [0.4, 0.5) is 0 Å². The minimum atomic E-state index is -0.471. The van der Waals surface area contributed by atoms with Crippen molar-refractivity contribution in [3.63, 3.8) is 0 Å². The third-order valence-corrected chi connectivity index (χ3v) is 3.74. The minimum absolute atomic E-state index is 0.0352. The van der Waals surface area contributed by atoms with Crippen LogP contribution in [0.5, 0.6) is 0 Å². The smallest absolute Gasteiger partial charge is 0.186 e. The van der Waals surface area contributed by atoms with E-state index in [0.29, 0.717) is 5.56 Å². The van der Waals surface area contributed by atoms with Gasteiger partial charge in [-0.15, -0.1) is 0 Å². The maximum atomic E-state index is 12.5. The van der Waals surface area contributed by atoms with Crippen molar-refractivity contribution in [2.24, 2.45) is 0 Å². The molecule has 0 aliphatic rings. The highest BCUT2D eigenvalue weighted by Crippen LogP contribution is 2.32. The van der Waals surface area contributed by atoms with Gasteiger partial charge in [0.1, 0.15) is 5.25 Å². The van der Waals surface area contributed by atoms with Gasteiger partial charge in [-0.25, -0.2) is 0 Å². The molecule has 1 unspecified atom stereocenters. The number of rotatable bonds is 4. The van der Waals surface area contributed by atoms with Gasteiger partial charge in [0.2, 0.25) is 0 Å². The number of hydrogen-bond donors (Lipinski definition) is 0. The van der Waals surface area contributed by atoms with Gasteiger partial charge in [0.05, 0.1) is 0 Å². The average molecular weight is 270 g/mol. The van der Waals surface area contributed by atoms with Gasteiger partial charge in [0.15, 0.2) is 10.9 Å². The predicted molar refractivity (Wildman–Crippen MR) is 78.2 cm³/mol. The average Bonchev–Trinajstić information content (AvgIpc) is 2.46. The van der Waals surface area contributed by atoms with E-state index < -0.39 is 5.25 Å². The van der Waals surface area contributed by atoms with Crippen LogP contribution in [-0.2, 0) is 4.79 Å². The highest BCUT2D eigenvalue weighted by Gasteiger charge is 2.23. The summed E-state index contributed by atoms with van der Waals surface area (Å²) in [6, 6.07) is 18.5. The van der Waals surface area contributed by atoms with E-state index in [9.17, 15) is 9.59 Å². The SMILES string of the molecule is CC(=O)SC(C(=O)c1ccccc1)c1ccccc1. The first kappa shape index (κ1) is 13.6. The Morgan fingerprint density at radius 3 is 1.95 bits per heavy atom. The van der Waals surface area contributed by atoms with Crippen molar-refractivity contribution in [1.82, 2.24) is 0 Å². The molecule has 1 atom stereocenters. The van der Waals surface area contributed by atoms with E-state index in [-0.39, 0.29) is 10.9 Å². The van der Waals surface area contributed by atoms with E-state index in [4.69, 9.17) is 0 Å². The summed E-state index contributed by atoms with van der Waals surface area (Å²) in [5.74, 6) is -0.0352. The van der Waals surface area contributed by atoms with E-state index in [2.05, 4.69) is 0 Å². The molecule has 2 aromatic carbocycles. The van der Waals surface area contributed by atoms with Crippen molar-refractivity contribution in [2.75, 3.05) is 0 Å². The fourth-order valence-corrected chi connectivity index (χ4v) is 2.69. The molecule has 19 heavy (non-hydrogen) atoms. The summed E-state index contributed by atoms with van der Waals surface area (Å²) in [4.78, 5) is 23.9. The Hall–Kier alpha value is -1.87. The second-order valence-corrected chi connectivity index (χ2v) is 5.41. The van der Waals surface area contributed by atoms with Crippen molar-refractivity contribution in [3.8, 4) is 0 Å². The van der Waals surface area contributed by atoms with E-state index in [1.54, 1.807) is 12.1 Å². The normalized spacial score (nSPS) is 11.8. The molecule has 0 spiro atoms. The Balaban J connectivity index is 2.33. The van der Waals surface area contributed by atoms with E-state index in [1.807, 2.05) is 48.5 Å². The number of thioether (sulfide) groups is 1. The lowest BCUT2D eigenvalue weighted by molar-refractivity contribution is -0.109. The van der Waals surface area contributed by atoms with Crippen LogP contribution in [0.2, 0.25) is 0 Å². The molecule has 2 rings (SSSR count). The largest absolute Gasteiger partial charge is 0.293 e. The van der Waals surface area contributed by atoms with Crippen LogP contribution in [0, 0.1) is 0 Å². The summed E-state index contributed by atoms with van der Waals surface area (Å²) >= 11 is 1.07. The lowest BCUT2D eigenvalue weighted by atomic mass is 10.0. The second kappa shape index (κ2) is 6.34. The number of ketones is 1. The lowest BCUT2D eigenvalue weighted by Crippen LogP contribution is -2.11. The maximum Gasteiger partial charge on any atom is 0.186 e. The van der Waals surface area contributed by atoms with Gasteiger partial charge in [-0.3, -0.25) is 9.59 Å². The van der Waals surface area contributed by atoms with Crippen LogP contribution in [0.15, 0.2) is 60.7 Å². The molecule has 2 nitrogen and oxygen atoms in total. The summed E-state index contributed by atoms with van der Waals surface area (Å²) in [5, 5.41) is -0.528. The number of hydrogen-bond acceptors (Lipinski definition) is 3. The zero-order valence-electron chi connectivity index (χ0n) is 10.6. The highest BCUT2D eigenvalue weighted by molar-refractivity contribution is 8.14. The molecule has 0 aliphatic heterocycles. The van der Waals surface area contributed by atoms with Crippen LogP contribution < -0.4 is 0 Å². The summed E-state index contributed by atoms with van der Waals surface area (Å²) in [6.07, 6.45) is 0. The monoisotopic (exact) mass is 270 g/mol. The molecular formula is C16H14O2S. The predicted octanol–water partition coefficient (Wildman–Crippen LogP) is 3.89. The van der Waals surface area contributed by atoms with Crippen LogP contribution in [0.1, 0.15) is 28.1 Å². The highest BCUT2D eigenvalue weighted by atomic mass is 32.2. The zero-order valence-corrected chi connectivity index (χ0v) is 11.4. The molecule has 0 saturated carbocycles. The summed E-state index contributed by atoms with van der Waals surface area (Å²) in [5.41, 5.74) is 1.49. The first-order valence-electron chi connectivity index (χ1n) is 6.00. The molecule has 0 saturated heterocycles. The molecule has 0 bridgehead atoms. The van der Waals surface area contributed by atoms with E-state index >= 15 is 0 Å². The Morgan fingerprint density at radius 1 is 0.895 bits per heavy atom. The third kappa shape index (κ3) is 3.55. The first-order valence-corrected chi connectivity index (χ1v) is 6.88. The van der Waals surface area contributed by atoms with Crippen molar-refractivity contribution in [1.29, 1.82) is 0 Å². The van der Waals surface area contributed by atoms with Gasteiger partial charge in [-0.1, -0.05) is 72.4 Å². The molecule has 0 aliphatic carbocycles. The van der Waals surface area contributed by atoms with Gasteiger partial charge < -0.3 is 0 Å². The van der Waals surface area contributed by atoms with Crippen molar-refractivity contribution < 1.29 is 9.59 Å². The van der Waals surface area contributed by atoms with E-state index in [1.165, 1.54) is 6.92 Å². The quantitative estimate of drug-likeness (QED) is 0.790. The van der Waals surface area contributed by atoms with Gasteiger partial charge >= 0.3 is 0 Å². The van der Waals surface area contributed by atoms with Gasteiger partial charge in [-0.2, -0.15) is 0 Å². The van der Waals surface area contributed by atoms with Crippen LogP contribution in [0.3, 0.4) is 0 Å². The van der Waals surface area contributed by atoms with Crippen molar-refractivity contribution >= 4 is 22.7 Å². The number of carbonyl (C=O) groups excluding carboxylic acids is 2. The van der Waals surface area contributed by atoms with Gasteiger partial charge in [-0.05, 0) is 5.56 Å². The Kier molecular flexibility index (Phi) is 4.53. The summed E-state index contributed by atoms with van der Waals surface area (Å²) in [7, 11) is 0. The van der Waals surface area contributed by atoms with Crippen molar-refractivity contribution in [3.05, 3.63) is 71.8 Å². The fraction of sp³-hybridized carbons (Fsp3) is 0.125. The van der Waals surface area contributed by atoms with Crippen LogP contribution in [-0.4, -0.2) is 10.9 Å². The molecule has 0 N–H and O–H groups in total. The molecule has 0 fully saturated rings. The van der Waals surface area contributed by atoms with Gasteiger partial charge in [0.25, 0.3) is 0 Å². The van der Waals surface area contributed by atoms with Crippen LogP contribution in [0.25, 0.3) is 0 Å². The van der Waals surface area contributed by atoms with Crippen molar-refractivity contribution in [2.45, 2.75) is 12.2 Å². The minimum Gasteiger partial charge on any atom is -0.293 e. The fourth-order valence-electron chi connectivity index (χ4n) is 1.82. The second-order valence-electron chi connectivity index (χ2n) is 4.13. The topological polar surface area (TPSA) is 34.1 Å². The lowest BCUT2D eigenvalue weighted by Gasteiger charge is -2.14. The van der Waals surface area contributed by atoms with Gasteiger partial charge in [0, 0.05) is 12.5 Å². The number of benzene rings is 2. The molecule has 0 aromatic heterocycles. The number of carbonyl (C=O) groups is 2. The molecule has 3 heteroatoms. The molecule has 0 amide bonds.